The summed E-state index contributed by atoms with van der Waals surface area (Å²) in [4.78, 5) is 1.31. The van der Waals surface area contributed by atoms with Crippen LogP contribution >= 0.6 is 40.1 Å². The Hall–Kier alpha value is 0.300. The normalized spacial score (nSPS) is 9.38. The van der Waals surface area contributed by atoms with Crippen molar-refractivity contribution in [3.05, 3.63) is 28.7 Å². The van der Waals surface area contributed by atoms with Crippen molar-refractivity contribution in [2.24, 2.45) is 5.73 Å². The topological polar surface area (TPSA) is 26.0 Å². The molecule has 13 heavy (non-hydrogen) atoms. The van der Waals surface area contributed by atoms with Gasteiger partial charge in [0.05, 0.1) is 0 Å². The largest absolute Gasteiger partial charge is 0.330 e. The molecule has 0 atom stereocenters. The van der Waals surface area contributed by atoms with Crippen LogP contribution in [-0.2, 0) is 0 Å². The Balaban J connectivity index is 0.00000144. The lowest BCUT2D eigenvalue weighted by molar-refractivity contribution is 0.943. The van der Waals surface area contributed by atoms with Gasteiger partial charge in [0, 0.05) is 9.37 Å². The third kappa shape index (κ3) is 5.57. The summed E-state index contributed by atoms with van der Waals surface area (Å²) in [5, 5.41) is 0. The second-order valence-corrected chi connectivity index (χ2v) is 4.53. The molecule has 4 heteroatoms. The summed E-state index contributed by atoms with van der Waals surface area (Å²) in [7, 11) is 0. The molecule has 0 aromatic heterocycles. The minimum Gasteiger partial charge on any atom is -0.330 e. The predicted molar refractivity (Wildman–Crippen MR) is 65.8 cm³/mol. The molecular formula is C9H13BrClNS. The quantitative estimate of drug-likeness (QED) is 0.677. The van der Waals surface area contributed by atoms with Gasteiger partial charge >= 0.3 is 0 Å². The van der Waals surface area contributed by atoms with Gasteiger partial charge in [-0.1, -0.05) is 15.9 Å². The highest BCUT2D eigenvalue weighted by atomic mass is 79.9. The number of hydrogen-bond acceptors (Lipinski definition) is 2. The first kappa shape index (κ1) is 13.3. The summed E-state index contributed by atoms with van der Waals surface area (Å²) in [6.07, 6.45) is 1.08. The minimum atomic E-state index is 0. The lowest BCUT2D eigenvalue weighted by Crippen LogP contribution is -1.99. The summed E-state index contributed by atoms with van der Waals surface area (Å²) in [6, 6.07) is 8.35. The molecule has 0 unspecified atom stereocenters. The lowest BCUT2D eigenvalue weighted by atomic mass is 10.4. The summed E-state index contributed by atoms with van der Waals surface area (Å²) < 4.78 is 1.13. The van der Waals surface area contributed by atoms with Crippen molar-refractivity contribution in [3.63, 3.8) is 0 Å². The Bertz CT molecular complexity index is 228. The van der Waals surface area contributed by atoms with Crippen molar-refractivity contribution in [1.29, 1.82) is 0 Å². The zero-order chi connectivity index (χ0) is 8.81. The molecule has 1 nitrogen and oxygen atoms in total. The van der Waals surface area contributed by atoms with Crippen LogP contribution in [0.2, 0.25) is 0 Å². The van der Waals surface area contributed by atoms with Gasteiger partial charge in [0.25, 0.3) is 0 Å². The van der Waals surface area contributed by atoms with Crippen LogP contribution < -0.4 is 5.73 Å². The van der Waals surface area contributed by atoms with Gasteiger partial charge < -0.3 is 5.73 Å². The molecule has 0 saturated carbocycles. The van der Waals surface area contributed by atoms with E-state index in [-0.39, 0.29) is 12.4 Å². The fraction of sp³-hybridized carbons (Fsp3) is 0.333. The Morgan fingerprint density at radius 1 is 1.23 bits per heavy atom. The van der Waals surface area contributed by atoms with Crippen LogP contribution in [0.15, 0.2) is 33.6 Å². The fourth-order valence-electron chi connectivity index (χ4n) is 0.804. The molecule has 0 bridgehead atoms. The predicted octanol–water partition coefficient (Wildman–Crippen LogP) is 3.31. The number of nitrogens with two attached hydrogens (primary N) is 1. The summed E-state index contributed by atoms with van der Waals surface area (Å²) in [5.74, 6) is 1.11. The summed E-state index contributed by atoms with van der Waals surface area (Å²) >= 11 is 5.25. The van der Waals surface area contributed by atoms with Crippen molar-refractivity contribution < 1.29 is 0 Å². The van der Waals surface area contributed by atoms with Crippen molar-refractivity contribution in [2.45, 2.75) is 11.3 Å². The van der Waals surface area contributed by atoms with E-state index in [0.717, 1.165) is 23.2 Å². The monoisotopic (exact) mass is 281 g/mol. The molecule has 0 aliphatic heterocycles. The van der Waals surface area contributed by atoms with Crippen LogP contribution in [0.3, 0.4) is 0 Å². The first-order valence-corrected chi connectivity index (χ1v) is 5.69. The molecule has 0 amide bonds. The number of rotatable bonds is 4. The van der Waals surface area contributed by atoms with E-state index in [0.29, 0.717) is 0 Å². The maximum absolute atomic E-state index is 5.40. The molecule has 1 rings (SSSR count). The van der Waals surface area contributed by atoms with Crippen LogP contribution in [-0.4, -0.2) is 12.3 Å². The standard InChI is InChI=1S/C9H12BrNS.ClH/c10-8-2-4-9(5-3-8)12-7-1-6-11;/h2-5H,1,6-7,11H2;1H. The SMILES string of the molecule is Cl.NCCCSc1ccc(Br)cc1. The number of hydrogen-bond donors (Lipinski definition) is 1. The van der Waals surface area contributed by atoms with Gasteiger partial charge in [0.1, 0.15) is 0 Å². The molecule has 1 aromatic rings. The molecule has 74 valence electrons. The van der Waals surface area contributed by atoms with Gasteiger partial charge in [-0.2, -0.15) is 0 Å². The Morgan fingerprint density at radius 2 is 1.85 bits per heavy atom. The van der Waals surface area contributed by atoms with Gasteiger partial charge in [-0.15, -0.1) is 24.2 Å². The highest BCUT2D eigenvalue weighted by Gasteiger charge is 1.92. The van der Waals surface area contributed by atoms with E-state index >= 15 is 0 Å². The van der Waals surface area contributed by atoms with E-state index in [2.05, 4.69) is 40.2 Å². The van der Waals surface area contributed by atoms with Crippen molar-refractivity contribution in [1.82, 2.24) is 0 Å². The molecule has 1 aromatic carbocycles. The van der Waals surface area contributed by atoms with Gasteiger partial charge in [0.2, 0.25) is 0 Å². The number of benzene rings is 1. The van der Waals surface area contributed by atoms with Gasteiger partial charge in [-0.25, -0.2) is 0 Å². The molecule has 0 aliphatic carbocycles. The van der Waals surface area contributed by atoms with Crippen molar-refractivity contribution in [3.8, 4) is 0 Å². The van der Waals surface area contributed by atoms with E-state index in [1.54, 1.807) is 0 Å². The van der Waals surface area contributed by atoms with Crippen LogP contribution in [0.1, 0.15) is 6.42 Å². The average Bonchev–Trinajstić information content (AvgIpc) is 2.09. The van der Waals surface area contributed by atoms with Crippen molar-refractivity contribution in [2.75, 3.05) is 12.3 Å². The Kier molecular flexibility index (Phi) is 7.86. The van der Waals surface area contributed by atoms with Crippen LogP contribution in [0.4, 0.5) is 0 Å². The average molecular weight is 283 g/mol. The molecule has 0 spiro atoms. The van der Waals surface area contributed by atoms with Crippen LogP contribution in [0, 0.1) is 0 Å². The molecule has 2 N–H and O–H groups in total. The number of halogens is 2. The van der Waals surface area contributed by atoms with Gasteiger partial charge in [-0.3, -0.25) is 0 Å². The lowest BCUT2D eigenvalue weighted by Gasteiger charge is -1.99. The second kappa shape index (κ2) is 7.68. The zero-order valence-corrected chi connectivity index (χ0v) is 10.4. The second-order valence-electron chi connectivity index (χ2n) is 2.44. The van der Waals surface area contributed by atoms with Crippen molar-refractivity contribution >= 4 is 40.1 Å². The maximum atomic E-state index is 5.40. The van der Waals surface area contributed by atoms with E-state index < -0.39 is 0 Å². The third-order valence-corrected chi connectivity index (χ3v) is 3.06. The third-order valence-electron chi connectivity index (χ3n) is 1.43. The van der Waals surface area contributed by atoms with Gasteiger partial charge in [0.15, 0.2) is 0 Å². The van der Waals surface area contributed by atoms with E-state index in [4.69, 9.17) is 5.73 Å². The smallest absolute Gasteiger partial charge is 0.0176 e. The summed E-state index contributed by atoms with van der Waals surface area (Å²) in [5.41, 5.74) is 5.40. The zero-order valence-electron chi connectivity index (χ0n) is 7.20. The van der Waals surface area contributed by atoms with E-state index in [9.17, 15) is 0 Å². The molecule has 0 saturated heterocycles. The van der Waals surface area contributed by atoms with Crippen LogP contribution in [0.25, 0.3) is 0 Å². The van der Waals surface area contributed by atoms with E-state index in [1.807, 2.05) is 11.8 Å². The highest BCUT2D eigenvalue weighted by molar-refractivity contribution is 9.10. The first-order chi connectivity index (χ1) is 5.83. The molecule has 0 aliphatic rings. The molecule has 0 fully saturated rings. The Labute approximate surface area is 98.0 Å². The Morgan fingerprint density at radius 3 is 2.38 bits per heavy atom. The molecule has 0 radical (unpaired) electrons. The van der Waals surface area contributed by atoms with E-state index in [1.165, 1.54) is 4.90 Å². The maximum Gasteiger partial charge on any atom is 0.0176 e. The first-order valence-electron chi connectivity index (χ1n) is 3.91. The highest BCUT2D eigenvalue weighted by Crippen LogP contribution is 2.20. The molecule has 0 heterocycles. The minimum absolute atomic E-state index is 0. The van der Waals surface area contributed by atoms with Gasteiger partial charge in [-0.05, 0) is 43.0 Å². The fourth-order valence-corrected chi connectivity index (χ4v) is 1.94. The molecular weight excluding hydrogens is 270 g/mol. The summed E-state index contributed by atoms with van der Waals surface area (Å²) in [6.45, 7) is 0.781. The number of thioether (sulfide) groups is 1. The van der Waals surface area contributed by atoms with Crippen LogP contribution in [0.5, 0.6) is 0 Å².